The summed E-state index contributed by atoms with van der Waals surface area (Å²) >= 11 is 0. The van der Waals surface area contributed by atoms with Crippen molar-refractivity contribution in [3.8, 4) is 5.82 Å². The molecule has 1 aromatic carbocycles. The van der Waals surface area contributed by atoms with Gasteiger partial charge < -0.3 is 15.7 Å². The Kier molecular flexibility index (Phi) is 5.97. The Labute approximate surface area is 219 Å². The van der Waals surface area contributed by atoms with Crippen LogP contribution in [-0.2, 0) is 25.1 Å². The summed E-state index contributed by atoms with van der Waals surface area (Å²) in [5.74, 6) is 0.844. The van der Waals surface area contributed by atoms with Crippen LogP contribution in [-0.4, -0.2) is 41.0 Å². The molecule has 5 aromatic rings. The second-order valence-electron chi connectivity index (χ2n) is 9.94. The Balaban J connectivity index is 1.48. The molecule has 38 heavy (non-hydrogen) atoms. The number of pyridine rings is 2. The smallest absolute Gasteiger partial charge is 0.278 e. The zero-order chi connectivity index (χ0) is 26.3. The van der Waals surface area contributed by atoms with E-state index >= 15 is 0 Å². The third kappa shape index (κ3) is 4.55. The summed E-state index contributed by atoms with van der Waals surface area (Å²) in [6.07, 6.45) is 5.90. The van der Waals surface area contributed by atoms with E-state index in [0.29, 0.717) is 28.5 Å². The lowest BCUT2D eigenvalue weighted by Gasteiger charge is -2.19. The molecule has 0 aliphatic carbocycles. The van der Waals surface area contributed by atoms with Gasteiger partial charge in [-0.1, -0.05) is 12.1 Å². The average Bonchev–Trinajstić information content (AvgIpc) is 3.19. The molecule has 1 aliphatic heterocycles. The molecule has 6 rings (SSSR count). The van der Waals surface area contributed by atoms with E-state index in [2.05, 4.69) is 32.7 Å². The van der Waals surface area contributed by atoms with Crippen molar-refractivity contribution in [1.82, 2.24) is 34.6 Å². The number of hydrogen-bond acceptors (Lipinski definition) is 8. The Bertz CT molecular complexity index is 1690. The molecule has 3 N–H and O–H groups in total. The summed E-state index contributed by atoms with van der Waals surface area (Å²) < 4.78 is 3.28. The highest BCUT2D eigenvalue weighted by molar-refractivity contribution is 5.77. The number of rotatable bonds is 6. The van der Waals surface area contributed by atoms with Crippen LogP contribution < -0.4 is 16.2 Å². The number of hydrogen-bond donors (Lipinski definition) is 3. The van der Waals surface area contributed by atoms with Gasteiger partial charge in [0.1, 0.15) is 11.0 Å². The molecule has 0 saturated heterocycles. The van der Waals surface area contributed by atoms with Gasteiger partial charge in [0.2, 0.25) is 5.95 Å². The van der Waals surface area contributed by atoms with Gasteiger partial charge in [0.05, 0.1) is 12.2 Å². The number of nitrogens with one attached hydrogen (secondary N) is 2. The number of benzene rings is 1. The van der Waals surface area contributed by atoms with Gasteiger partial charge in [-0.3, -0.25) is 9.78 Å². The molecule has 0 amide bonds. The minimum atomic E-state index is -1.15. The summed E-state index contributed by atoms with van der Waals surface area (Å²) in [5, 5.41) is 17.6. The molecule has 0 radical (unpaired) electrons. The van der Waals surface area contributed by atoms with Crippen molar-refractivity contribution >= 4 is 22.7 Å². The summed E-state index contributed by atoms with van der Waals surface area (Å²) in [6.45, 7) is 5.46. The summed E-state index contributed by atoms with van der Waals surface area (Å²) in [7, 11) is 0. The number of aromatic nitrogens is 6. The molecule has 192 valence electrons. The Hall–Kier alpha value is -4.41. The van der Waals surface area contributed by atoms with Crippen LogP contribution in [0.2, 0.25) is 0 Å². The molecule has 4 aromatic heterocycles. The normalized spacial score (nSPS) is 13.4. The standard InChI is InChI=1S/C28H28N8O2/c1-28(2,38)23-4-3-5-24(33-23)36-25-22(26(37)35(36)17-18-8-11-29-12-9-18)16-31-27(34-25)32-21-7-6-20-15-30-13-10-19(20)14-21/h3-9,11-12,14,16,30,38H,10,13,15,17H2,1-2H3,(H,31,32,34). The molecule has 0 saturated carbocycles. The van der Waals surface area contributed by atoms with Crippen LogP contribution in [0.15, 0.2) is 71.9 Å². The van der Waals surface area contributed by atoms with Crippen LogP contribution in [0.25, 0.3) is 16.9 Å². The topological polar surface area (TPSA) is 123 Å². The van der Waals surface area contributed by atoms with Crippen LogP contribution in [0.5, 0.6) is 0 Å². The quantitative estimate of drug-likeness (QED) is 0.320. The molecular weight excluding hydrogens is 480 g/mol. The minimum Gasteiger partial charge on any atom is -0.384 e. The van der Waals surface area contributed by atoms with Crippen molar-refractivity contribution < 1.29 is 5.11 Å². The molecule has 0 unspecified atom stereocenters. The predicted octanol–water partition coefficient (Wildman–Crippen LogP) is 3.04. The van der Waals surface area contributed by atoms with E-state index in [-0.39, 0.29) is 12.1 Å². The van der Waals surface area contributed by atoms with Crippen molar-refractivity contribution in [2.45, 2.75) is 39.0 Å². The fourth-order valence-electron chi connectivity index (χ4n) is 4.69. The van der Waals surface area contributed by atoms with Crippen molar-refractivity contribution in [3.05, 3.63) is 99.9 Å². The first-order valence-corrected chi connectivity index (χ1v) is 12.5. The molecular formula is C28H28N8O2. The van der Waals surface area contributed by atoms with E-state index in [9.17, 15) is 9.90 Å². The van der Waals surface area contributed by atoms with E-state index in [0.717, 1.165) is 30.8 Å². The molecule has 0 atom stereocenters. The number of aliphatic hydroxyl groups is 1. The van der Waals surface area contributed by atoms with Crippen LogP contribution >= 0.6 is 0 Å². The van der Waals surface area contributed by atoms with E-state index in [1.807, 2.05) is 24.3 Å². The highest BCUT2D eigenvalue weighted by Crippen LogP contribution is 2.24. The maximum atomic E-state index is 13.6. The first kappa shape index (κ1) is 24.0. The van der Waals surface area contributed by atoms with Crippen LogP contribution in [0, 0.1) is 0 Å². The van der Waals surface area contributed by atoms with Crippen LogP contribution in [0.3, 0.4) is 0 Å². The van der Waals surface area contributed by atoms with Gasteiger partial charge in [-0.25, -0.2) is 19.3 Å². The van der Waals surface area contributed by atoms with Gasteiger partial charge >= 0.3 is 0 Å². The Morgan fingerprint density at radius 2 is 1.92 bits per heavy atom. The lowest BCUT2D eigenvalue weighted by molar-refractivity contribution is 0.0738. The average molecular weight is 509 g/mol. The van der Waals surface area contributed by atoms with E-state index in [1.165, 1.54) is 11.1 Å². The molecule has 10 nitrogen and oxygen atoms in total. The molecule has 1 aliphatic rings. The van der Waals surface area contributed by atoms with Gasteiger partial charge in [-0.2, -0.15) is 4.98 Å². The van der Waals surface area contributed by atoms with E-state index in [4.69, 9.17) is 9.97 Å². The van der Waals surface area contributed by atoms with Crippen molar-refractivity contribution in [3.63, 3.8) is 0 Å². The molecule has 0 fully saturated rings. The largest absolute Gasteiger partial charge is 0.384 e. The zero-order valence-electron chi connectivity index (χ0n) is 21.2. The molecule has 0 spiro atoms. The monoisotopic (exact) mass is 508 g/mol. The second kappa shape index (κ2) is 9.47. The Morgan fingerprint density at radius 3 is 2.74 bits per heavy atom. The summed E-state index contributed by atoms with van der Waals surface area (Å²) in [6, 6.07) is 15.3. The number of nitrogens with zero attached hydrogens (tertiary/aromatic N) is 6. The summed E-state index contributed by atoms with van der Waals surface area (Å²) in [5.41, 5.74) is 3.89. The predicted molar refractivity (Wildman–Crippen MR) is 145 cm³/mol. The molecule has 0 bridgehead atoms. The SMILES string of the molecule is CC(C)(O)c1cccc(-n2c3nc(Nc4ccc5c(c4)CCNC5)ncc3c(=O)n2Cc2ccncc2)n1. The van der Waals surface area contributed by atoms with E-state index < -0.39 is 5.60 Å². The third-order valence-electron chi connectivity index (χ3n) is 6.68. The zero-order valence-corrected chi connectivity index (χ0v) is 21.2. The van der Waals surface area contributed by atoms with Crippen molar-refractivity contribution in [2.75, 3.05) is 11.9 Å². The number of fused-ring (bicyclic) bond motifs is 2. The molecule has 5 heterocycles. The van der Waals surface area contributed by atoms with Gasteiger partial charge in [0, 0.05) is 30.8 Å². The van der Waals surface area contributed by atoms with Gasteiger partial charge in [0.15, 0.2) is 11.5 Å². The first-order valence-electron chi connectivity index (χ1n) is 12.5. The van der Waals surface area contributed by atoms with Gasteiger partial charge in [0.25, 0.3) is 5.56 Å². The Morgan fingerprint density at radius 1 is 1.08 bits per heavy atom. The lowest BCUT2D eigenvalue weighted by atomic mass is 10.0. The van der Waals surface area contributed by atoms with Gasteiger partial charge in [-0.05, 0) is 79.9 Å². The molecule has 10 heteroatoms. The lowest BCUT2D eigenvalue weighted by Crippen LogP contribution is -2.25. The summed E-state index contributed by atoms with van der Waals surface area (Å²) in [4.78, 5) is 31.6. The van der Waals surface area contributed by atoms with Gasteiger partial charge in [-0.15, -0.1) is 0 Å². The van der Waals surface area contributed by atoms with Crippen LogP contribution in [0.1, 0.15) is 36.2 Å². The second-order valence-corrected chi connectivity index (χ2v) is 9.94. The van der Waals surface area contributed by atoms with Crippen molar-refractivity contribution in [1.29, 1.82) is 0 Å². The van der Waals surface area contributed by atoms with E-state index in [1.54, 1.807) is 53.9 Å². The maximum absolute atomic E-state index is 13.6. The highest BCUT2D eigenvalue weighted by atomic mass is 16.3. The highest BCUT2D eigenvalue weighted by Gasteiger charge is 2.22. The first-order chi connectivity index (χ1) is 18.4. The van der Waals surface area contributed by atoms with Crippen molar-refractivity contribution in [2.24, 2.45) is 0 Å². The fourth-order valence-corrected chi connectivity index (χ4v) is 4.69. The third-order valence-corrected chi connectivity index (χ3v) is 6.68. The maximum Gasteiger partial charge on any atom is 0.278 e. The van der Waals surface area contributed by atoms with Crippen LogP contribution in [0.4, 0.5) is 11.6 Å². The number of anilines is 2. The minimum absolute atomic E-state index is 0.236. The fraction of sp³-hybridized carbons (Fsp3) is 0.250.